The van der Waals surface area contributed by atoms with E-state index in [1.165, 1.54) is 22.5 Å². The molecular weight excluding hydrogens is 234 g/mol. The molecule has 2 aromatic heterocycles. The van der Waals surface area contributed by atoms with Crippen molar-refractivity contribution in [3.05, 3.63) is 44.3 Å². The summed E-state index contributed by atoms with van der Waals surface area (Å²) in [5.74, 6) is 0.677. The van der Waals surface area contributed by atoms with E-state index in [1.54, 1.807) is 23.5 Å². The molecule has 0 atom stereocenters. The van der Waals surface area contributed by atoms with Crippen LogP contribution in [0.25, 0.3) is 0 Å². The minimum Gasteiger partial charge on any atom is -0.268 e. The Morgan fingerprint density at radius 2 is 2.29 bits per heavy atom. The zero-order valence-corrected chi connectivity index (χ0v) is 10.4. The number of nitrogens with zero attached hydrogens (tertiary/aromatic N) is 3. The van der Waals surface area contributed by atoms with E-state index in [1.807, 2.05) is 12.3 Å². The molecule has 0 spiro atoms. The Kier molecular flexibility index (Phi) is 2.55. The lowest BCUT2D eigenvalue weighted by molar-refractivity contribution is 0.619. The minimum atomic E-state index is -0.0726. The molecule has 0 aromatic carbocycles. The van der Waals surface area contributed by atoms with Crippen LogP contribution in [0.5, 0.6) is 0 Å². The SMILES string of the molecule is Cc1ccc(=O)n(Cc2csc(C3CC3)n2)n1. The zero-order chi connectivity index (χ0) is 11.8. The highest BCUT2D eigenvalue weighted by molar-refractivity contribution is 7.09. The summed E-state index contributed by atoms with van der Waals surface area (Å²) < 4.78 is 1.47. The predicted octanol–water partition coefficient (Wildman–Crippen LogP) is 1.93. The van der Waals surface area contributed by atoms with Crippen LogP contribution in [0.4, 0.5) is 0 Å². The summed E-state index contributed by atoms with van der Waals surface area (Å²) in [6.07, 6.45) is 2.52. The van der Waals surface area contributed by atoms with E-state index >= 15 is 0 Å². The molecular formula is C12H13N3OS. The zero-order valence-electron chi connectivity index (χ0n) is 9.59. The van der Waals surface area contributed by atoms with E-state index in [0.717, 1.165) is 11.4 Å². The van der Waals surface area contributed by atoms with Crippen LogP contribution in [-0.4, -0.2) is 14.8 Å². The Hall–Kier alpha value is -1.49. The first kappa shape index (κ1) is 10.7. The van der Waals surface area contributed by atoms with Crippen molar-refractivity contribution in [2.45, 2.75) is 32.2 Å². The average molecular weight is 247 g/mol. The Morgan fingerprint density at radius 1 is 1.47 bits per heavy atom. The second-order valence-electron chi connectivity index (χ2n) is 4.42. The summed E-state index contributed by atoms with van der Waals surface area (Å²) in [7, 11) is 0. The second kappa shape index (κ2) is 4.07. The lowest BCUT2D eigenvalue weighted by Gasteiger charge is -2.02. The van der Waals surface area contributed by atoms with Gasteiger partial charge in [-0.05, 0) is 25.8 Å². The van der Waals surface area contributed by atoms with Crippen LogP contribution in [-0.2, 0) is 6.54 Å². The first-order chi connectivity index (χ1) is 8.22. The van der Waals surface area contributed by atoms with Crippen molar-refractivity contribution in [3.63, 3.8) is 0 Å². The van der Waals surface area contributed by atoms with Gasteiger partial charge < -0.3 is 0 Å². The van der Waals surface area contributed by atoms with E-state index in [2.05, 4.69) is 10.1 Å². The lowest BCUT2D eigenvalue weighted by Crippen LogP contribution is -2.23. The Labute approximate surface area is 103 Å². The van der Waals surface area contributed by atoms with Gasteiger partial charge in [-0.2, -0.15) is 5.10 Å². The quantitative estimate of drug-likeness (QED) is 0.832. The molecule has 0 bridgehead atoms. The van der Waals surface area contributed by atoms with Crippen molar-refractivity contribution in [3.8, 4) is 0 Å². The maximum absolute atomic E-state index is 11.6. The number of hydrogen-bond donors (Lipinski definition) is 0. The Morgan fingerprint density at radius 3 is 3.06 bits per heavy atom. The lowest BCUT2D eigenvalue weighted by atomic mass is 10.4. The molecule has 1 aliphatic rings. The van der Waals surface area contributed by atoms with Crippen LogP contribution < -0.4 is 5.56 Å². The molecule has 88 valence electrons. The van der Waals surface area contributed by atoms with Crippen LogP contribution in [0, 0.1) is 6.92 Å². The normalized spacial score (nSPS) is 15.1. The van der Waals surface area contributed by atoms with Gasteiger partial charge in [-0.15, -0.1) is 11.3 Å². The molecule has 1 aliphatic carbocycles. The number of hydrogen-bond acceptors (Lipinski definition) is 4. The molecule has 0 N–H and O–H groups in total. The molecule has 2 heterocycles. The average Bonchev–Trinajstić information content (AvgIpc) is 3.05. The van der Waals surface area contributed by atoms with Crippen molar-refractivity contribution in [2.24, 2.45) is 0 Å². The molecule has 4 nitrogen and oxygen atoms in total. The van der Waals surface area contributed by atoms with Gasteiger partial charge in [-0.25, -0.2) is 9.67 Å². The topological polar surface area (TPSA) is 47.8 Å². The van der Waals surface area contributed by atoms with E-state index in [4.69, 9.17) is 0 Å². The van der Waals surface area contributed by atoms with E-state index in [0.29, 0.717) is 12.5 Å². The third-order valence-corrected chi connectivity index (χ3v) is 3.86. The summed E-state index contributed by atoms with van der Waals surface area (Å²) >= 11 is 1.70. The van der Waals surface area contributed by atoms with Gasteiger partial charge in [-0.1, -0.05) is 0 Å². The monoisotopic (exact) mass is 247 g/mol. The van der Waals surface area contributed by atoms with Gasteiger partial charge in [0.1, 0.15) is 0 Å². The van der Waals surface area contributed by atoms with Crippen LogP contribution in [0.3, 0.4) is 0 Å². The summed E-state index contributed by atoms with van der Waals surface area (Å²) in [6.45, 7) is 2.36. The number of rotatable bonds is 3. The molecule has 0 unspecified atom stereocenters. The van der Waals surface area contributed by atoms with Crippen LogP contribution >= 0.6 is 11.3 Å². The van der Waals surface area contributed by atoms with E-state index in [9.17, 15) is 4.79 Å². The van der Waals surface area contributed by atoms with Gasteiger partial charge in [0.25, 0.3) is 5.56 Å². The van der Waals surface area contributed by atoms with Crippen molar-refractivity contribution in [1.29, 1.82) is 0 Å². The maximum atomic E-state index is 11.6. The van der Waals surface area contributed by atoms with Crippen molar-refractivity contribution >= 4 is 11.3 Å². The highest BCUT2D eigenvalue weighted by Gasteiger charge is 2.26. The van der Waals surface area contributed by atoms with Gasteiger partial charge in [-0.3, -0.25) is 4.79 Å². The fraction of sp³-hybridized carbons (Fsp3) is 0.417. The molecule has 5 heteroatoms. The molecule has 1 saturated carbocycles. The predicted molar refractivity (Wildman–Crippen MR) is 66.4 cm³/mol. The van der Waals surface area contributed by atoms with Gasteiger partial charge in [0.15, 0.2) is 0 Å². The van der Waals surface area contributed by atoms with Crippen molar-refractivity contribution in [2.75, 3.05) is 0 Å². The van der Waals surface area contributed by atoms with E-state index in [-0.39, 0.29) is 5.56 Å². The Balaban J connectivity index is 1.85. The highest BCUT2D eigenvalue weighted by Crippen LogP contribution is 2.41. The first-order valence-electron chi connectivity index (χ1n) is 5.71. The fourth-order valence-corrected chi connectivity index (χ4v) is 2.71. The number of thiazole rings is 1. The van der Waals surface area contributed by atoms with Crippen molar-refractivity contribution in [1.82, 2.24) is 14.8 Å². The second-order valence-corrected chi connectivity index (χ2v) is 5.31. The molecule has 2 aromatic rings. The smallest absolute Gasteiger partial charge is 0.267 e. The number of aromatic nitrogens is 3. The summed E-state index contributed by atoms with van der Waals surface area (Å²) in [5.41, 5.74) is 1.72. The van der Waals surface area contributed by atoms with Gasteiger partial charge in [0.2, 0.25) is 0 Å². The molecule has 0 saturated heterocycles. The molecule has 17 heavy (non-hydrogen) atoms. The molecule has 0 aliphatic heterocycles. The summed E-state index contributed by atoms with van der Waals surface area (Å²) in [5, 5.41) is 7.45. The van der Waals surface area contributed by atoms with Gasteiger partial charge in [0, 0.05) is 17.4 Å². The molecule has 0 amide bonds. The van der Waals surface area contributed by atoms with Crippen LogP contribution in [0.15, 0.2) is 22.3 Å². The van der Waals surface area contributed by atoms with E-state index < -0.39 is 0 Å². The summed E-state index contributed by atoms with van der Waals surface area (Å²) in [6, 6.07) is 3.28. The standard InChI is InChI=1S/C12H13N3OS/c1-8-2-5-11(16)15(14-8)6-10-7-17-12(13-10)9-3-4-9/h2,5,7,9H,3-4,6H2,1H3. The highest BCUT2D eigenvalue weighted by atomic mass is 32.1. The maximum Gasteiger partial charge on any atom is 0.267 e. The molecule has 3 rings (SSSR count). The molecule has 0 radical (unpaired) electrons. The van der Waals surface area contributed by atoms with Crippen LogP contribution in [0.2, 0.25) is 0 Å². The van der Waals surface area contributed by atoms with Gasteiger partial charge >= 0.3 is 0 Å². The largest absolute Gasteiger partial charge is 0.268 e. The first-order valence-corrected chi connectivity index (χ1v) is 6.59. The summed E-state index contributed by atoms with van der Waals surface area (Å²) in [4.78, 5) is 16.2. The minimum absolute atomic E-state index is 0.0726. The third-order valence-electron chi connectivity index (χ3n) is 2.81. The van der Waals surface area contributed by atoms with Gasteiger partial charge in [0.05, 0.1) is 22.9 Å². The Bertz CT molecular complexity index is 598. The third kappa shape index (κ3) is 2.29. The fourth-order valence-electron chi connectivity index (χ4n) is 1.73. The van der Waals surface area contributed by atoms with Crippen molar-refractivity contribution < 1.29 is 0 Å². The molecule has 1 fully saturated rings. The number of aryl methyl sites for hydroxylation is 1. The van der Waals surface area contributed by atoms with Crippen LogP contribution in [0.1, 0.15) is 35.2 Å².